The highest BCUT2D eigenvalue weighted by Gasteiger charge is 2.47. The molecule has 5 atom stereocenters. The molecular formula is C13H19N3O7. The van der Waals surface area contributed by atoms with Gasteiger partial charge in [0, 0.05) is 31.6 Å². The lowest BCUT2D eigenvalue weighted by Gasteiger charge is -2.42. The van der Waals surface area contributed by atoms with Crippen molar-refractivity contribution in [3.63, 3.8) is 0 Å². The molecule has 0 amide bonds. The molecule has 10 heteroatoms. The monoisotopic (exact) mass is 329 g/mol. The normalized spacial score (nSPS) is 29.8. The molecule has 5 unspecified atom stereocenters. The third kappa shape index (κ3) is 5.42. The van der Waals surface area contributed by atoms with Gasteiger partial charge in [0.25, 0.3) is 0 Å². The number of azide groups is 1. The molecule has 1 heterocycles. The van der Waals surface area contributed by atoms with E-state index in [-0.39, 0.29) is 6.61 Å². The number of nitrogens with zero attached hydrogens (tertiary/aromatic N) is 3. The van der Waals surface area contributed by atoms with Gasteiger partial charge in [0.1, 0.15) is 24.9 Å². The predicted octanol–water partition coefficient (Wildman–Crippen LogP) is 1.08. The molecule has 0 bridgehead atoms. The fraction of sp³-hybridized carbons (Fsp3) is 0.769. The van der Waals surface area contributed by atoms with E-state index in [4.69, 9.17) is 24.5 Å². The van der Waals surface area contributed by atoms with Crippen LogP contribution in [0.4, 0.5) is 0 Å². The van der Waals surface area contributed by atoms with E-state index in [9.17, 15) is 14.4 Å². The number of rotatable bonds is 5. The standard InChI is InChI=1S/C13H19N3O7/c1-6-11(15-16-14)13(22-9(4)19)23-10(5-20-7(2)17)12(6)21-8(3)18/h6,10-13H,5H2,1-4H3. The molecule has 1 saturated heterocycles. The van der Waals surface area contributed by atoms with Crippen LogP contribution < -0.4 is 0 Å². The molecule has 1 aliphatic heterocycles. The fourth-order valence-electron chi connectivity index (χ4n) is 2.30. The molecule has 0 aliphatic carbocycles. The predicted molar refractivity (Wildman–Crippen MR) is 74.7 cm³/mol. The lowest BCUT2D eigenvalue weighted by Crippen LogP contribution is -2.56. The van der Waals surface area contributed by atoms with Crippen molar-refractivity contribution in [2.45, 2.75) is 52.2 Å². The largest absolute Gasteiger partial charge is 0.463 e. The Morgan fingerprint density at radius 3 is 2.22 bits per heavy atom. The van der Waals surface area contributed by atoms with Crippen LogP contribution in [0.5, 0.6) is 0 Å². The van der Waals surface area contributed by atoms with Gasteiger partial charge in [0.15, 0.2) is 0 Å². The van der Waals surface area contributed by atoms with Crippen LogP contribution in [-0.4, -0.2) is 49.1 Å². The number of hydrogen-bond acceptors (Lipinski definition) is 8. The summed E-state index contributed by atoms with van der Waals surface area (Å²) in [6.07, 6.45) is -2.84. The van der Waals surface area contributed by atoms with E-state index in [1.165, 1.54) is 20.8 Å². The minimum atomic E-state index is -1.16. The third-order valence-electron chi connectivity index (χ3n) is 3.23. The second-order valence-electron chi connectivity index (χ2n) is 5.08. The topological polar surface area (TPSA) is 137 Å². The Hall–Kier alpha value is -2.32. The summed E-state index contributed by atoms with van der Waals surface area (Å²) >= 11 is 0. The summed E-state index contributed by atoms with van der Waals surface area (Å²) in [5.74, 6) is -2.25. The van der Waals surface area contributed by atoms with Crippen LogP contribution in [0.2, 0.25) is 0 Å². The molecule has 0 saturated carbocycles. The van der Waals surface area contributed by atoms with E-state index < -0.39 is 48.4 Å². The van der Waals surface area contributed by atoms with Crippen molar-refractivity contribution in [1.82, 2.24) is 0 Å². The van der Waals surface area contributed by atoms with Crippen molar-refractivity contribution >= 4 is 17.9 Å². The first-order chi connectivity index (χ1) is 10.8. The van der Waals surface area contributed by atoms with E-state index in [1.807, 2.05) is 0 Å². The molecule has 1 aliphatic rings. The molecule has 1 rings (SSSR count). The maximum Gasteiger partial charge on any atom is 0.304 e. The quantitative estimate of drug-likeness (QED) is 0.242. The first-order valence-electron chi connectivity index (χ1n) is 6.93. The molecule has 0 aromatic rings. The van der Waals surface area contributed by atoms with Gasteiger partial charge in [0.2, 0.25) is 6.29 Å². The first-order valence-corrected chi connectivity index (χ1v) is 6.93. The summed E-state index contributed by atoms with van der Waals surface area (Å²) in [4.78, 5) is 36.2. The van der Waals surface area contributed by atoms with Gasteiger partial charge in [0.05, 0.1) is 0 Å². The fourth-order valence-corrected chi connectivity index (χ4v) is 2.30. The lowest BCUT2D eigenvalue weighted by molar-refractivity contribution is -0.252. The second-order valence-corrected chi connectivity index (χ2v) is 5.08. The molecular weight excluding hydrogens is 310 g/mol. The van der Waals surface area contributed by atoms with Crippen LogP contribution in [-0.2, 0) is 33.3 Å². The Balaban J connectivity index is 3.04. The number of ether oxygens (including phenoxy) is 4. The minimum Gasteiger partial charge on any atom is -0.463 e. The van der Waals surface area contributed by atoms with Crippen LogP contribution in [0.1, 0.15) is 27.7 Å². The van der Waals surface area contributed by atoms with Gasteiger partial charge in [-0.1, -0.05) is 12.0 Å². The summed E-state index contributed by atoms with van der Waals surface area (Å²) in [5, 5.41) is 3.57. The molecule has 0 aromatic carbocycles. The highest BCUT2D eigenvalue weighted by molar-refractivity contribution is 5.67. The van der Waals surface area contributed by atoms with Gasteiger partial charge in [-0.25, -0.2) is 0 Å². The summed E-state index contributed by atoms with van der Waals surface area (Å²) < 4.78 is 20.6. The summed E-state index contributed by atoms with van der Waals surface area (Å²) in [5.41, 5.74) is 8.68. The Morgan fingerprint density at radius 2 is 1.74 bits per heavy atom. The SMILES string of the molecule is CC(=O)OCC1OC(OC(C)=O)C(N=[N+]=[N-])C(C)C1OC(C)=O. The highest BCUT2D eigenvalue weighted by atomic mass is 16.7. The molecule has 0 aromatic heterocycles. The summed E-state index contributed by atoms with van der Waals surface area (Å²) in [7, 11) is 0. The Morgan fingerprint density at radius 1 is 1.13 bits per heavy atom. The summed E-state index contributed by atoms with van der Waals surface area (Å²) in [6.45, 7) is 5.08. The van der Waals surface area contributed by atoms with Crippen molar-refractivity contribution in [3.05, 3.63) is 10.4 Å². The Bertz CT molecular complexity index is 518. The first kappa shape index (κ1) is 18.7. The average Bonchev–Trinajstić information content (AvgIpc) is 2.43. The highest BCUT2D eigenvalue weighted by Crippen LogP contribution is 2.31. The molecule has 128 valence electrons. The zero-order chi connectivity index (χ0) is 17.6. The van der Waals surface area contributed by atoms with Gasteiger partial charge in [-0.05, 0) is 5.53 Å². The van der Waals surface area contributed by atoms with Crippen LogP contribution >= 0.6 is 0 Å². The van der Waals surface area contributed by atoms with Gasteiger partial charge < -0.3 is 18.9 Å². The molecule has 1 fully saturated rings. The number of hydrogen-bond donors (Lipinski definition) is 0. The van der Waals surface area contributed by atoms with E-state index in [1.54, 1.807) is 6.92 Å². The van der Waals surface area contributed by atoms with E-state index >= 15 is 0 Å². The molecule has 0 spiro atoms. The Kier molecular flexibility index (Phi) is 6.80. The molecule has 10 nitrogen and oxygen atoms in total. The van der Waals surface area contributed by atoms with E-state index in [0.717, 1.165) is 0 Å². The van der Waals surface area contributed by atoms with Crippen LogP contribution in [0.3, 0.4) is 0 Å². The van der Waals surface area contributed by atoms with Crippen LogP contribution in [0, 0.1) is 5.92 Å². The van der Waals surface area contributed by atoms with Gasteiger partial charge in [-0.15, -0.1) is 0 Å². The maximum atomic E-state index is 11.3. The number of carbonyl (C=O) groups is 3. The molecule has 23 heavy (non-hydrogen) atoms. The molecule has 0 N–H and O–H groups in total. The maximum absolute atomic E-state index is 11.3. The average molecular weight is 329 g/mol. The van der Waals surface area contributed by atoms with E-state index in [0.29, 0.717) is 0 Å². The van der Waals surface area contributed by atoms with Crippen molar-refractivity contribution in [2.75, 3.05) is 6.61 Å². The zero-order valence-corrected chi connectivity index (χ0v) is 13.3. The van der Waals surface area contributed by atoms with Crippen molar-refractivity contribution in [1.29, 1.82) is 0 Å². The van der Waals surface area contributed by atoms with Crippen molar-refractivity contribution in [2.24, 2.45) is 11.0 Å². The number of esters is 3. The van der Waals surface area contributed by atoms with Gasteiger partial charge in [-0.3, -0.25) is 14.4 Å². The Labute approximate surface area is 132 Å². The van der Waals surface area contributed by atoms with Gasteiger partial charge in [-0.2, -0.15) is 0 Å². The minimum absolute atomic E-state index is 0.196. The van der Waals surface area contributed by atoms with Crippen LogP contribution in [0.25, 0.3) is 10.4 Å². The zero-order valence-electron chi connectivity index (χ0n) is 13.3. The molecule has 0 radical (unpaired) electrons. The second kappa shape index (κ2) is 8.35. The lowest BCUT2D eigenvalue weighted by atomic mass is 9.89. The van der Waals surface area contributed by atoms with Crippen molar-refractivity contribution in [3.8, 4) is 0 Å². The van der Waals surface area contributed by atoms with E-state index in [2.05, 4.69) is 10.0 Å². The third-order valence-corrected chi connectivity index (χ3v) is 3.23. The smallest absolute Gasteiger partial charge is 0.304 e. The summed E-state index contributed by atoms with van der Waals surface area (Å²) in [6, 6.07) is -0.887. The number of carbonyl (C=O) groups excluding carboxylic acids is 3. The van der Waals surface area contributed by atoms with Crippen LogP contribution in [0.15, 0.2) is 5.11 Å². The van der Waals surface area contributed by atoms with Gasteiger partial charge >= 0.3 is 17.9 Å². The van der Waals surface area contributed by atoms with Crippen molar-refractivity contribution < 1.29 is 33.3 Å².